The van der Waals surface area contributed by atoms with Crippen LogP contribution in [-0.2, 0) is 13.0 Å². The number of nitrogens with zero attached hydrogens (tertiary/aromatic N) is 2. The zero-order valence-corrected chi connectivity index (χ0v) is 11.5. The molecule has 0 saturated carbocycles. The molecule has 0 aliphatic heterocycles. The van der Waals surface area contributed by atoms with Crippen molar-refractivity contribution in [3.63, 3.8) is 0 Å². The predicted octanol–water partition coefficient (Wildman–Crippen LogP) is 3.80. The summed E-state index contributed by atoms with van der Waals surface area (Å²) in [4.78, 5) is 8.88. The van der Waals surface area contributed by atoms with Crippen LogP contribution in [0.1, 0.15) is 18.1 Å². The van der Waals surface area contributed by atoms with E-state index in [1.54, 1.807) is 0 Å². The lowest BCUT2D eigenvalue weighted by Crippen LogP contribution is -2.05. The summed E-state index contributed by atoms with van der Waals surface area (Å²) in [5.74, 6) is 0.676. The first kappa shape index (κ1) is 12.6. The highest BCUT2D eigenvalue weighted by atomic mass is 15.1. The van der Waals surface area contributed by atoms with Gasteiger partial charge in [0.25, 0.3) is 0 Å². The maximum atomic E-state index is 4.52. The second kappa shape index (κ2) is 5.70. The average molecular weight is 263 g/mol. The van der Waals surface area contributed by atoms with E-state index in [9.17, 15) is 0 Å². The molecule has 1 N–H and O–H groups in total. The van der Waals surface area contributed by atoms with Gasteiger partial charge < -0.3 is 5.32 Å². The Kier molecular flexibility index (Phi) is 3.59. The Morgan fingerprint density at radius 3 is 2.55 bits per heavy atom. The molecule has 0 radical (unpaired) electrons. The third kappa shape index (κ3) is 2.62. The Bertz CT molecular complexity index is 722. The van der Waals surface area contributed by atoms with Gasteiger partial charge in [0, 0.05) is 18.1 Å². The minimum absolute atomic E-state index is 0.676. The van der Waals surface area contributed by atoms with Gasteiger partial charge in [-0.3, -0.25) is 0 Å². The maximum absolute atomic E-state index is 4.52. The third-order valence-corrected chi connectivity index (χ3v) is 3.43. The van der Waals surface area contributed by atoms with E-state index in [0.29, 0.717) is 5.95 Å². The van der Waals surface area contributed by atoms with Gasteiger partial charge in [-0.25, -0.2) is 9.97 Å². The molecule has 0 aliphatic carbocycles. The van der Waals surface area contributed by atoms with Crippen LogP contribution >= 0.6 is 0 Å². The van der Waals surface area contributed by atoms with Crippen LogP contribution in [0.4, 0.5) is 5.95 Å². The van der Waals surface area contributed by atoms with Gasteiger partial charge in [-0.2, -0.15) is 0 Å². The van der Waals surface area contributed by atoms with E-state index in [1.165, 1.54) is 11.1 Å². The van der Waals surface area contributed by atoms with E-state index >= 15 is 0 Å². The van der Waals surface area contributed by atoms with Gasteiger partial charge in [-0.05, 0) is 23.6 Å². The average Bonchev–Trinajstić information content (AvgIpc) is 2.53. The van der Waals surface area contributed by atoms with Gasteiger partial charge in [0.15, 0.2) is 0 Å². The zero-order chi connectivity index (χ0) is 13.8. The number of fused-ring (bicyclic) bond motifs is 1. The van der Waals surface area contributed by atoms with Gasteiger partial charge in [0.1, 0.15) is 0 Å². The monoisotopic (exact) mass is 263 g/mol. The summed E-state index contributed by atoms with van der Waals surface area (Å²) in [5.41, 5.74) is 3.63. The van der Waals surface area contributed by atoms with Gasteiger partial charge in [-0.15, -0.1) is 0 Å². The van der Waals surface area contributed by atoms with E-state index in [-0.39, 0.29) is 0 Å². The topological polar surface area (TPSA) is 37.8 Å². The summed E-state index contributed by atoms with van der Waals surface area (Å²) in [6.45, 7) is 2.92. The number of hydrogen-bond acceptors (Lipinski definition) is 3. The summed E-state index contributed by atoms with van der Waals surface area (Å²) < 4.78 is 0. The first-order valence-electron chi connectivity index (χ1n) is 6.89. The summed E-state index contributed by atoms with van der Waals surface area (Å²) in [6.07, 6.45) is 2.90. The van der Waals surface area contributed by atoms with Crippen molar-refractivity contribution in [2.45, 2.75) is 19.9 Å². The molecule has 2 aromatic carbocycles. The number of para-hydroxylation sites is 1. The standard InChI is InChI=1S/C17H17N3/c1-2-13-7-3-4-8-14(13)11-18-17-19-12-15-9-5-6-10-16(15)20-17/h3-10,12H,2,11H2,1H3,(H,18,19,20). The van der Waals surface area contributed by atoms with Crippen LogP contribution in [0.3, 0.4) is 0 Å². The highest BCUT2D eigenvalue weighted by Crippen LogP contribution is 2.14. The van der Waals surface area contributed by atoms with Crippen LogP contribution in [0, 0.1) is 0 Å². The van der Waals surface area contributed by atoms with Gasteiger partial charge in [0.2, 0.25) is 5.95 Å². The lowest BCUT2D eigenvalue weighted by Gasteiger charge is -2.09. The molecule has 20 heavy (non-hydrogen) atoms. The Morgan fingerprint density at radius 1 is 0.950 bits per heavy atom. The molecule has 3 nitrogen and oxygen atoms in total. The van der Waals surface area contributed by atoms with Crippen LogP contribution in [-0.4, -0.2) is 9.97 Å². The highest BCUT2D eigenvalue weighted by molar-refractivity contribution is 5.78. The molecule has 1 aromatic heterocycles. The molecule has 0 amide bonds. The second-order valence-corrected chi connectivity index (χ2v) is 4.73. The molecule has 3 aromatic rings. The molecule has 3 rings (SSSR count). The number of anilines is 1. The molecular formula is C17H17N3. The molecule has 0 bridgehead atoms. The zero-order valence-electron chi connectivity index (χ0n) is 11.5. The smallest absolute Gasteiger partial charge is 0.223 e. The van der Waals surface area contributed by atoms with Crippen molar-refractivity contribution in [2.75, 3.05) is 5.32 Å². The molecule has 0 atom stereocenters. The Hall–Kier alpha value is -2.42. The van der Waals surface area contributed by atoms with E-state index in [0.717, 1.165) is 23.9 Å². The van der Waals surface area contributed by atoms with Crippen LogP contribution in [0.15, 0.2) is 54.7 Å². The van der Waals surface area contributed by atoms with E-state index in [4.69, 9.17) is 0 Å². The van der Waals surface area contributed by atoms with Crippen molar-refractivity contribution in [3.05, 3.63) is 65.9 Å². The Morgan fingerprint density at radius 2 is 1.70 bits per heavy atom. The van der Waals surface area contributed by atoms with E-state index in [2.05, 4.69) is 46.5 Å². The summed E-state index contributed by atoms with van der Waals surface area (Å²) >= 11 is 0. The van der Waals surface area contributed by atoms with Crippen molar-refractivity contribution in [1.29, 1.82) is 0 Å². The van der Waals surface area contributed by atoms with Crippen LogP contribution < -0.4 is 5.32 Å². The normalized spacial score (nSPS) is 10.7. The molecule has 0 fully saturated rings. The number of rotatable bonds is 4. The number of benzene rings is 2. The van der Waals surface area contributed by atoms with Crippen molar-refractivity contribution in [3.8, 4) is 0 Å². The third-order valence-electron chi connectivity index (χ3n) is 3.43. The predicted molar refractivity (Wildman–Crippen MR) is 82.7 cm³/mol. The fourth-order valence-corrected chi connectivity index (χ4v) is 2.31. The SMILES string of the molecule is CCc1ccccc1CNc1ncc2ccccc2n1. The molecule has 0 saturated heterocycles. The maximum Gasteiger partial charge on any atom is 0.223 e. The fraction of sp³-hybridized carbons (Fsp3) is 0.176. The lowest BCUT2D eigenvalue weighted by atomic mass is 10.1. The van der Waals surface area contributed by atoms with E-state index in [1.807, 2.05) is 30.5 Å². The molecule has 100 valence electrons. The molecule has 1 heterocycles. The summed E-state index contributed by atoms with van der Waals surface area (Å²) in [7, 11) is 0. The molecule has 0 unspecified atom stereocenters. The van der Waals surface area contributed by atoms with Crippen molar-refractivity contribution in [1.82, 2.24) is 9.97 Å². The summed E-state index contributed by atoms with van der Waals surface area (Å²) in [5, 5.41) is 4.37. The molecular weight excluding hydrogens is 246 g/mol. The van der Waals surface area contributed by atoms with Gasteiger partial charge in [0.05, 0.1) is 5.52 Å². The van der Waals surface area contributed by atoms with Crippen molar-refractivity contribution in [2.24, 2.45) is 0 Å². The Balaban J connectivity index is 1.79. The highest BCUT2D eigenvalue weighted by Gasteiger charge is 2.02. The molecule has 0 spiro atoms. The molecule has 3 heteroatoms. The van der Waals surface area contributed by atoms with E-state index < -0.39 is 0 Å². The molecule has 0 aliphatic rings. The number of hydrogen-bond donors (Lipinski definition) is 1. The van der Waals surface area contributed by atoms with Crippen LogP contribution in [0.2, 0.25) is 0 Å². The van der Waals surface area contributed by atoms with Gasteiger partial charge in [-0.1, -0.05) is 49.4 Å². The quantitative estimate of drug-likeness (QED) is 0.778. The van der Waals surface area contributed by atoms with Crippen LogP contribution in [0.5, 0.6) is 0 Å². The van der Waals surface area contributed by atoms with Crippen molar-refractivity contribution >= 4 is 16.9 Å². The minimum Gasteiger partial charge on any atom is -0.350 e. The summed E-state index contributed by atoms with van der Waals surface area (Å²) in [6, 6.07) is 16.5. The van der Waals surface area contributed by atoms with Gasteiger partial charge >= 0.3 is 0 Å². The number of nitrogens with one attached hydrogen (secondary N) is 1. The lowest BCUT2D eigenvalue weighted by molar-refractivity contribution is 1.02. The number of aromatic nitrogens is 2. The first-order chi connectivity index (χ1) is 9.86. The van der Waals surface area contributed by atoms with Crippen LogP contribution in [0.25, 0.3) is 10.9 Å². The first-order valence-corrected chi connectivity index (χ1v) is 6.89. The second-order valence-electron chi connectivity index (χ2n) is 4.73. The minimum atomic E-state index is 0.676. The largest absolute Gasteiger partial charge is 0.350 e. The number of aryl methyl sites for hydroxylation is 1. The fourth-order valence-electron chi connectivity index (χ4n) is 2.31. The van der Waals surface area contributed by atoms with Crippen molar-refractivity contribution < 1.29 is 0 Å². The Labute approximate surface area is 118 Å².